The molecule has 20 heavy (non-hydrogen) atoms. The number of aromatic nitrogens is 1. The first-order valence-corrected chi connectivity index (χ1v) is 8.28. The molecule has 106 valence electrons. The second-order valence-electron chi connectivity index (χ2n) is 4.33. The first-order valence-electron chi connectivity index (χ1n) is 6.17. The predicted octanol–water partition coefficient (Wildman–Crippen LogP) is 2.39. The van der Waals surface area contributed by atoms with Crippen LogP contribution in [0.3, 0.4) is 0 Å². The van der Waals surface area contributed by atoms with Crippen LogP contribution in [0, 0.1) is 0 Å². The topological polar surface area (TPSA) is 65.1 Å². The standard InChI is InChI=1S/C14H15BrN2O2S/c15-12-4-1-2-5-13(12)20(19)9-3-8-17-10-11(16)6-7-14(17)18/h1-2,4-7,10H,3,8-9,16H2. The fourth-order valence-corrected chi connectivity index (χ4v) is 3.78. The Kier molecular flexibility index (Phi) is 5.14. The smallest absolute Gasteiger partial charge is 0.250 e. The largest absolute Gasteiger partial charge is 0.398 e. The number of nitrogens with zero attached hydrogens (tertiary/aromatic N) is 1. The number of hydrogen-bond donors (Lipinski definition) is 1. The highest BCUT2D eigenvalue weighted by atomic mass is 79.9. The van der Waals surface area contributed by atoms with Crippen LogP contribution in [0.25, 0.3) is 0 Å². The molecule has 0 fully saturated rings. The number of pyridine rings is 1. The van der Waals surface area contributed by atoms with Gasteiger partial charge in [0.1, 0.15) is 0 Å². The molecule has 0 aliphatic heterocycles. The molecule has 1 unspecified atom stereocenters. The lowest BCUT2D eigenvalue weighted by Crippen LogP contribution is -2.19. The number of halogens is 1. The van der Waals surface area contributed by atoms with Crippen molar-refractivity contribution in [3.8, 4) is 0 Å². The van der Waals surface area contributed by atoms with E-state index in [0.717, 1.165) is 9.37 Å². The normalized spacial score (nSPS) is 12.2. The van der Waals surface area contributed by atoms with Crippen LogP contribution in [-0.4, -0.2) is 14.5 Å². The third-order valence-corrected chi connectivity index (χ3v) is 5.28. The van der Waals surface area contributed by atoms with E-state index >= 15 is 0 Å². The van der Waals surface area contributed by atoms with Crippen molar-refractivity contribution in [2.45, 2.75) is 17.9 Å². The zero-order valence-corrected chi connectivity index (χ0v) is 13.2. The van der Waals surface area contributed by atoms with Crippen LogP contribution in [0.5, 0.6) is 0 Å². The third kappa shape index (κ3) is 3.80. The molecular weight excluding hydrogens is 340 g/mol. The number of anilines is 1. The quantitative estimate of drug-likeness (QED) is 0.896. The minimum atomic E-state index is -1.07. The molecule has 1 atom stereocenters. The van der Waals surface area contributed by atoms with Crippen LogP contribution < -0.4 is 11.3 Å². The van der Waals surface area contributed by atoms with Gasteiger partial charge in [-0.2, -0.15) is 0 Å². The summed E-state index contributed by atoms with van der Waals surface area (Å²) in [7, 11) is -1.07. The van der Waals surface area contributed by atoms with Crippen molar-refractivity contribution in [3.05, 3.63) is 57.4 Å². The number of nitrogens with two attached hydrogens (primary N) is 1. The van der Waals surface area contributed by atoms with E-state index in [1.807, 2.05) is 24.3 Å². The minimum absolute atomic E-state index is 0.0918. The summed E-state index contributed by atoms with van der Waals surface area (Å²) in [6.07, 6.45) is 2.26. The Balaban J connectivity index is 1.96. The highest BCUT2D eigenvalue weighted by Crippen LogP contribution is 2.20. The number of hydrogen-bond acceptors (Lipinski definition) is 3. The fourth-order valence-electron chi connectivity index (χ4n) is 1.83. The van der Waals surface area contributed by atoms with Gasteiger partial charge in [0.05, 0.1) is 15.7 Å². The summed E-state index contributed by atoms with van der Waals surface area (Å²) in [6.45, 7) is 0.514. The van der Waals surface area contributed by atoms with Gasteiger partial charge in [0.15, 0.2) is 0 Å². The van der Waals surface area contributed by atoms with Crippen molar-refractivity contribution < 1.29 is 4.21 Å². The number of nitrogen functional groups attached to an aromatic ring is 1. The van der Waals surface area contributed by atoms with Gasteiger partial charge >= 0.3 is 0 Å². The van der Waals surface area contributed by atoms with Gasteiger partial charge in [-0.25, -0.2) is 0 Å². The second-order valence-corrected chi connectivity index (χ2v) is 6.72. The minimum Gasteiger partial charge on any atom is -0.398 e. The number of benzene rings is 1. The first kappa shape index (κ1) is 15.0. The van der Waals surface area contributed by atoms with Crippen LogP contribution >= 0.6 is 15.9 Å². The van der Waals surface area contributed by atoms with Crippen molar-refractivity contribution in [2.24, 2.45) is 0 Å². The molecule has 2 aromatic rings. The van der Waals surface area contributed by atoms with E-state index in [1.54, 1.807) is 16.8 Å². The molecule has 2 rings (SSSR count). The zero-order chi connectivity index (χ0) is 14.5. The maximum Gasteiger partial charge on any atom is 0.250 e. The van der Waals surface area contributed by atoms with Gasteiger partial charge in [0.25, 0.3) is 5.56 Å². The Morgan fingerprint density at radius 1 is 1.20 bits per heavy atom. The van der Waals surface area contributed by atoms with E-state index in [4.69, 9.17) is 5.73 Å². The molecule has 0 amide bonds. The van der Waals surface area contributed by atoms with Gasteiger partial charge in [-0.1, -0.05) is 12.1 Å². The Morgan fingerprint density at radius 2 is 1.95 bits per heavy atom. The summed E-state index contributed by atoms with van der Waals surface area (Å²) in [4.78, 5) is 12.4. The van der Waals surface area contributed by atoms with Crippen LogP contribution in [-0.2, 0) is 17.3 Å². The van der Waals surface area contributed by atoms with Gasteiger partial charge in [0.2, 0.25) is 0 Å². The lowest BCUT2D eigenvalue weighted by Gasteiger charge is -2.07. The summed E-state index contributed by atoms with van der Waals surface area (Å²) >= 11 is 3.39. The van der Waals surface area contributed by atoms with Crippen molar-refractivity contribution >= 4 is 32.4 Å². The Hall–Kier alpha value is -1.40. The molecule has 0 aliphatic carbocycles. The third-order valence-electron chi connectivity index (χ3n) is 2.82. The second kappa shape index (κ2) is 6.85. The van der Waals surface area contributed by atoms with Crippen molar-refractivity contribution in [3.63, 3.8) is 0 Å². The van der Waals surface area contributed by atoms with E-state index in [9.17, 15) is 9.00 Å². The summed E-state index contributed by atoms with van der Waals surface area (Å²) in [5.74, 6) is 0.504. The highest BCUT2D eigenvalue weighted by Gasteiger charge is 2.07. The summed E-state index contributed by atoms with van der Waals surface area (Å²) in [5, 5.41) is 0. The van der Waals surface area contributed by atoms with E-state index in [0.29, 0.717) is 24.4 Å². The fraction of sp³-hybridized carbons (Fsp3) is 0.214. The highest BCUT2D eigenvalue weighted by molar-refractivity contribution is 9.10. The summed E-state index contributed by atoms with van der Waals surface area (Å²) in [5.41, 5.74) is 6.10. The maximum atomic E-state index is 12.2. The summed E-state index contributed by atoms with van der Waals surface area (Å²) < 4.78 is 14.6. The predicted molar refractivity (Wildman–Crippen MR) is 85.1 cm³/mol. The lowest BCUT2D eigenvalue weighted by atomic mass is 10.4. The van der Waals surface area contributed by atoms with Crippen LogP contribution in [0.2, 0.25) is 0 Å². The molecule has 1 aromatic heterocycles. The zero-order valence-electron chi connectivity index (χ0n) is 10.8. The van der Waals surface area contributed by atoms with Gasteiger partial charge in [-0.05, 0) is 40.5 Å². The SMILES string of the molecule is Nc1ccc(=O)n(CCCS(=O)c2ccccc2Br)c1. The average molecular weight is 355 g/mol. The first-order chi connectivity index (χ1) is 9.58. The molecule has 2 N–H and O–H groups in total. The van der Waals surface area contributed by atoms with Gasteiger partial charge < -0.3 is 10.3 Å². The van der Waals surface area contributed by atoms with Gasteiger partial charge in [0, 0.05) is 34.7 Å². The molecule has 1 aromatic carbocycles. The average Bonchev–Trinajstić information content (AvgIpc) is 2.43. The Labute approximate surface area is 128 Å². The van der Waals surface area contributed by atoms with Crippen LogP contribution in [0.15, 0.2) is 56.8 Å². The number of aryl methyl sites for hydroxylation is 1. The summed E-state index contributed by atoms with van der Waals surface area (Å²) in [6, 6.07) is 10.5. The lowest BCUT2D eigenvalue weighted by molar-refractivity contribution is 0.644. The molecule has 0 saturated heterocycles. The van der Waals surface area contributed by atoms with Crippen LogP contribution in [0.4, 0.5) is 5.69 Å². The van der Waals surface area contributed by atoms with Crippen molar-refractivity contribution in [1.29, 1.82) is 0 Å². The molecule has 0 bridgehead atoms. The van der Waals surface area contributed by atoms with Gasteiger partial charge in [-0.15, -0.1) is 0 Å². The van der Waals surface area contributed by atoms with Crippen molar-refractivity contribution in [2.75, 3.05) is 11.5 Å². The number of rotatable bonds is 5. The van der Waals surface area contributed by atoms with Crippen molar-refractivity contribution in [1.82, 2.24) is 4.57 Å². The Morgan fingerprint density at radius 3 is 2.70 bits per heavy atom. The molecule has 0 aliphatic rings. The van der Waals surface area contributed by atoms with E-state index in [2.05, 4.69) is 15.9 Å². The van der Waals surface area contributed by atoms with E-state index < -0.39 is 10.8 Å². The molecule has 6 heteroatoms. The molecular formula is C14H15BrN2O2S. The molecule has 0 saturated carbocycles. The van der Waals surface area contributed by atoms with E-state index in [-0.39, 0.29) is 5.56 Å². The van der Waals surface area contributed by atoms with E-state index in [1.165, 1.54) is 6.07 Å². The Bertz CT molecular complexity index is 685. The van der Waals surface area contributed by atoms with Gasteiger partial charge in [-0.3, -0.25) is 9.00 Å². The molecule has 0 spiro atoms. The maximum absolute atomic E-state index is 12.2. The molecule has 0 radical (unpaired) electrons. The molecule has 4 nitrogen and oxygen atoms in total. The van der Waals surface area contributed by atoms with Crippen LogP contribution in [0.1, 0.15) is 6.42 Å². The molecule has 1 heterocycles. The monoisotopic (exact) mass is 354 g/mol.